The van der Waals surface area contributed by atoms with Gasteiger partial charge in [0.1, 0.15) is 0 Å². The van der Waals surface area contributed by atoms with Gasteiger partial charge in [-0.15, -0.1) is 0 Å². The van der Waals surface area contributed by atoms with E-state index in [2.05, 4.69) is 15.8 Å². The Labute approximate surface area is 106 Å². The molecule has 17 heavy (non-hydrogen) atoms. The molecule has 0 bridgehead atoms. The Morgan fingerprint density at radius 3 is 3.18 bits per heavy atom. The molecule has 1 heterocycles. The summed E-state index contributed by atoms with van der Waals surface area (Å²) in [5.74, 6) is 1.19. The van der Waals surface area contributed by atoms with Gasteiger partial charge in [0, 0.05) is 6.54 Å². The number of anilines is 2. The molecule has 0 spiro atoms. The van der Waals surface area contributed by atoms with Gasteiger partial charge in [-0.05, 0) is 44.1 Å². The molecule has 1 aliphatic rings. The molecule has 0 aromatic carbocycles. The van der Waals surface area contributed by atoms with E-state index in [4.69, 9.17) is 10.5 Å². The fourth-order valence-electron chi connectivity index (χ4n) is 1.99. The van der Waals surface area contributed by atoms with Crippen LogP contribution in [0, 0.1) is 0 Å². The lowest BCUT2D eigenvalue weighted by Crippen LogP contribution is -2.03. The Hall–Kier alpha value is -1.23. The molecule has 2 rings (SSSR count). The zero-order valence-corrected chi connectivity index (χ0v) is 11.0. The summed E-state index contributed by atoms with van der Waals surface area (Å²) in [5, 5.41) is 4.30. The van der Waals surface area contributed by atoms with Crippen molar-refractivity contribution < 1.29 is 4.74 Å². The van der Waals surface area contributed by atoms with Crippen LogP contribution in [0.25, 0.3) is 0 Å². The summed E-state index contributed by atoms with van der Waals surface area (Å²) < 4.78 is 9.58. The monoisotopic (exact) mass is 253 g/mol. The largest absolute Gasteiger partial charge is 0.487 e. The Morgan fingerprint density at radius 1 is 1.59 bits per heavy atom. The first-order valence-corrected chi connectivity index (χ1v) is 6.88. The number of hydrogen-bond donors (Lipinski definition) is 2. The number of allylic oxidation sites excluding steroid dienone is 1. The van der Waals surface area contributed by atoms with E-state index in [1.54, 1.807) is 5.57 Å². The number of ether oxygens (including phenoxy) is 1. The molecule has 0 saturated carbocycles. The van der Waals surface area contributed by atoms with Crippen molar-refractivity contribution in [2.45, 2.75) is 32.6 Å². The van der Waals surface area contributed by atoms with Crippen LogP contribution < -0.4 is 15.8 Å². The molecular formula is C12H19N3OS. The Kier molecular flexibility index (Phi) is 4.25. The van der Waals surface area contributed by atoms with Gasteiger partial charge in [0.05, 0.1) is 6.61 Å². The van der Waals surface area contributed by atoms with E-state index in [0.717, 1.165) is 18.0 Å². The third kappa shape index (κ3) is 3.12. The maximum Gasteiger partial charge on any atom is 0.197 e. The molecule has 1 aliphatic carbocycles. The zero-order valence-electron chi connectivity index (χ0n) is 10.2. The lowest BCUT2D eigenvalue weighted by Gasteiger charge is -2.07. The van der Waals surface area contributed by atoms with Gasteiger partial charge in [-0.2, -0.15) is 4.37 Å². The molecule has 0 saturated heterocycles. The van der Waals surface area contributed by atoms with Crippen LogP contribution in [0.4, 0.5) is 10.8 Å². The molecule has 4 nitrogen and oxygen atoms in total. The van der Waals surface area contributed by atoms with Gasteiger partial charge in [0.2, 0.25) is 0 Å². The van der Waals surface area contributed by atoms with E-state index in [-0.39, 0.29) is 0 Å². The molecule has 0 unspecified atom stereocenters. The number of hydrogen-bond acceptors (Lipinski definition) is 5. The standard InChI is InChI=1S/C12H19N3OS/c1-2-16-10-11(13)15-17-12(10)14-8-7-9-5-3-4-6-9/h5,14H,2-4,6-8H2,1H3,(H2,13,15). The fourth-order valence-corrected chi connectivity index (χ4v) is 2.68. The van der Waals surface area contributed by atoms with Crippen LogP contribution in [0.2, 0.25) is 0 Å². The number of nitrogen functional groups attached to an aromatic ring is 1. The lowest BCUT2D eigenvalue weighted by molar-refractivity contribution is 0.344. The first-order valence-electron chi connectivity index (χ1n) is 6.11. The second-order valence-corrected chi connectivity index (χ2v) is 4.86. The van der Waals surface area contributed by atoms with Crippen molar-refractivity contribution in [1.29, 1.82) is 0 Å². The normalized spacial score (nSPS) is 14.8. The van der Waals surface area contributed by atoms with Gasteiger partial charge in [-0.1, -0.05) is 11.6 Å². The van der Waals surface area contributed by atoms with Gasteiger partial charge in [-0.3, -0.25) is 0 Å². The minimum atomic E-state index is 0.486. The van der Waals surface area contributed by atoms with Crippen LogP contribution in [0.1, 0.15) is 32.6 Å². The van der Waals surface area contributed by atoms with Crippen LogP contribution in [0.3, 0.4) is 0 Å². The minimum Gasteiger partial charge on any atom is -0.487 e. The summed E-state index contributed by atoms with van der Waals surface area (Å²) in [7, 11) is 0. The molecule has 0 radical (unpaired) electrons. The third-order valence-corrected chi connectivity index (χ3v) is 3.63. The van der Waals surface area contributed by atoms with Gasteiger partial charge in [0.15, 0.2) is 16.6 Å². The number of nitrogens with two attached hydrogens (primary N) is 1. The molecule has 3 N–H and O–H groups in total. The van der Waals surface area contributed by atoms with Gasteiger partial charge >= 0.3 is 0 Å². The Bertz CT molecular complexity index is 400. The van der Waals surface area contributed by atoms with Crippen molar-refractivity contribution in [2.24, 2.45) is 0 Å². The maximum absolute atomic E-state index is 5.74. The minimum absolute atomic E-state index is 0.486. The fraction of sp³-hybridized carbons (Fsp3) is 0.583. The number of aromatic nitrogens is 1. The van der Waals surface area contributed by atoms with Gasteiger partial charge < -0.3 is 15.8 Å². The van der Waals surface area contributed by atoms with Gasteiger partial charge in [-0.25, -0.2) is 0 Å². The lowest BCUT2D eigenvalue weighted by atomic mass is 10.2. The Morgan fingerprint density at radius 2 is 2.47 bits per heavy atom. The van der Waals surface area contributed by atoms with E-state index in [9.17, 15) is 0 Å². The van der Waals surface area contributed by atoms with Crippen LogP contribution in [-0.2, 0) is 0 Å². The van der Waals surface area contributed by atoms with E-state index in [1.807, 2.05) is 6.92 Å². The molecule has 5 heteroatoms. The highest BCUT2D eigenvalue weighted by Crippen LogP contribution is 2.35. The summed E-state index contributed by atoms with van der Waals surface area (Å²) >= 11 is 1.37. The molecular weight excluding hydrogens is 234 g/mol. The summed E-state index contributed by atoms with van der Waals surface area (Å²) in [4.78, 5) is 0. The second-order valence-electron chi connectivity index (χ2n) is 4.09. The first-order chi connectivity index (χ1) is 8.31. The SMILES string of the molecule is CCOc1c(N)nsc1NCCC1=CCCC1. The molecule has 0 atom stereocenters. The summed E-state index contributed by atoms with van der Waals surface area (Å²) in [6, 6.07) is 0. The number of nitrogens with one attached hydrogen (secondary N) is 1. The zero-order chi connectivity index (χ0) is 12.1. The van der Waals surface area contributed by atoms with Gasteiger partial charge in [0.25, 0.3) is 0 Å². The van der Waals surface area contributed by atoms with E-state index < -0.39 is 0 Å². The molecule has 0 amide bonds. The maximum atomic E-state index is 5.74. The third-order valence-electron chi connectivity index (χ3n) is 2.83. The van der Waals surface area contributed by atoms with E-state index in [1.165, 1.54) is 30.8 Å². The van der Waals surface area contributed by atoms with Crippen LogP contribution in [-0.4, -0.2) is 17.5 Å². The molecule has 94 valence electrons. The highest BCUT2D eigenvalue weighted by Gasteiger charge is 2.12. The van der Waals surface area contributed by atoms with Crippen molar-refractivity contribution in [3.05, 3.63) is 11.6 Å². The molecule has 0 aliphatic heterocycles. The van der Waals surface area contributed by atoms with Crippen LogP contribution in [0.5, 0.6) is 5.75 Å². The summed E-state index contributed by atoms with van der Waals surface area (Å²) in [6.07, 6.45) is 7.26. The van der Waals surface area contributed by atoms with Crippen molar-refractivity contribution in [3.8, 4) is 5.75 Å². The van der Waals surface area contributed by atoms with Crippen molar-refractivity contribution in [2.75, 3.05) is 24.2 Å². The van der Waals surface area contributed by atoms with E-state index in [0.29, 0.717) is 18.2 Å². The highest BCUT2D eigenvalue weighted by atomic mass is 32.1. The van der Waals surface area contributed by atoms with Crippen LogP contribution >= 0.6 is 11.5 Å². The Balaban J connectivity index is 1.85. The predicted molar refractivity (Wildman–Crippen MR) is 72.7 cm³/mol. The van der Waals surface area contributed by atoms with Crippen molar-refractivity contribution >= 4 is 22.4 Å². The average molecular weight is 253 g/mol. The molecule has 1 aromatic rings. The smallest absolute Gasteiger partial charge is 0.197 e. The van der Waals surface area contributed by atoms with E-state index >= 15 is 0 Å². The predicted octanol–water partition coefficient (Wildman–Crippen LogP) is 3.04. The number of nitrogens with zero attached hydrogens (tertiary/aromatic N) is 1. The molecule has 1 aromatic heterocycles. The number of rotatable bonds is 6. The quantitative estimate of drug-likeness (QED) is 0.765. The topological polar surface area (TPSA) is 60.2 Å². The van der Waals surface area contributed by atoms with Crippen molar-refractivity contribution in [3.63, 3.8) is 0 Å². The summed E-state index contributed by atoms with van der Waals surface area (Å²) in [5.41, 5.74) is 7.31. The second kappa shape index (κ2) is 5.91. The van der Waals surface area contributed by atoms with Crippen LogP contribution in [0.15, 0.2) is 11.6 Å². The first kappa shape index (κ1) is 12.2. The average Bonchev–Trinajstić information content (AvgIpc) is 2.93. The summed E-state index contributed by atoms with van der Waals surface area (Å²) in [6.45, 7) is 3.49. The molecule has 0 fully saturated rings. The highest BCUT2D eigenvalue weighted by molar-refractivity contribution is 7.11. The van der Waals surface area contributed by atoms with Crippen molar-refractivity contribution in [1.82, 2.24) is 4.37 Å².